The fourth-order valence-corrected chi connectivity index (χ4v) is 2.82. The van der Waals surface area contributed by atoms with E-state index in [9.17, 15) is 4.79 Å². The molecule has 1 aromatic rings. The summed E-state index contributed by atoms with van der Waals surface area (Å²) in [4.78, 5) is 15.9. The molecule has 0 radical (unpaired) electrons. The van der Waals surface area contributed by atoms with E-state index in [0.29, 0.717) is 27.8 Å². The highest BCUT2D eigenvalue weighted by Gasteiger charge is 2.36. The molecule has 1 heterocycles. The van der Waals surface area contributed by atoms with Crippen LogP contribution in [0.15, 0.2) is 0 Å². The maximum atomic E-state index is 11.5. The summed E-state index contributed by atoms with van der Waals surface area (Å²) in [7, 11) is 1.26. The van der Waals surface area contributed by atoms with Crippen molar-refractivity contribution >= 4 is 50.8 Å². The first kappa shape index (κ1) is 13.9. The molecule has 1 fully saturated rings. The highest BCUT2D eigenvalue weighted by atomic mass is 79.9. The minimum atomic E-state index is -0.612. The number of anilines is 1. The Morgan fingerprint density at radius 1 is 1.61 bits per heavy atom. The zero-order valence-corrected chi connectivity index (χ0v) is 12.6. The van der Waals surface area contributed by atoms with Crippen molar-refractivity contribution in [3.8, 4) is 0 Å². The minimum absolute atomic E-state index is 0.0219. The summed E-state index contributed by atoms with van der Waals surface area (Å²) in [5, 5.41) is 0.390. The van der Waals surface area contributed by atoms with Crippen LogP contribution in [0.1, 0.15) is 22.5 Å². The Morgan fingerprint density at radius 3 is 2.72 bits per heavy atom. The zero-order valence-electron chi connectivity index (χ0n) is 9.54. The van der Waals surface area contributed by atoms with Crippen LogP contribution in [0.4, 0.5) is 5.69 Å². The lowest BCUT2D eigenvalue weighted by Crippen LogP contribution is -2.12. The van der Waals surface area contributed by atoms with Gasteiger partial charge in [0.05, 0.1) is 17.8 Å². The number of carbonyl (C=O) groups is 1. The van der Waals surface area contributed by atoms with Crippen LogP contribution < -0.4 is 5.73 Å². The van der Waals surface area contributed by atoms with Crippen LogP contribution in [0.3, 0.4) is 0 Å². The number of methoxy groups -OCH3 is 1. The molecule has 0 aliphatic heterocycles. The molecule has 2 atom stereocenters. The van der Waals surface area contributed by atoms with Gasteiger partial charge in [0, 0.05) is 4.83 Å². The number of rotatable bonds is 3. The highest BCUT2D eigenvalue weighted by Crippen LogP contribution is 2.43. The Labute approximate surface area is 123 Å². The average Bonchev–Trinajstić information content (AvgIpc) is 3.04. The first-order valence-corrected chi connectivity index (χ1v) is 6.98. The van der Waals surface area contributed by atoms with E-state index in [1.807, 2.05) is 0 Å². The third-order valence-corrected chi connectivity index (χ3v) is 4.82. The van der Waals surface area contributed by atoms with Gasteiger partial charge in [0.25, 0.3) is 0 Å². The summed E-state index contributed by atoms with van der Waals surface area (Å²) in [5.41, 5.74) is 6.87. The van der Waals surface area contributed by atoms with Gasteiger partial charge in [-0.05, 0) is 24.3 Å². The van der Waals surface area contributed by atoms with Crippen molar-refractivity contribution < 1.29 is 9.53 Å². The molecule has 0 bridgehead atoms. The second-order valence-corrected chi connectivity index (χ2v) is 6.08. The molecule has 2 rings (SSSR count). The van der Waals surface area contributed by atoms with Gasteiger partial charge in [0.15, 0.2) is 5.69 Å². The van der Waals surface area contributed by atoms with Crippen LogP contribution >= 0.6 is 39.1 Å². The molecule has 2 unspecified atom stereocenters. The summed E-state index contributed by atoms with van der Waals surface area (Å²) >= 11 is 15.5. The third kappa shape index (κ3) is 2.58. The second kappa shape index (κ2) is 5.23. The fourth-order valence-electron chi connectivity index (χ4n) is 1.73. The number of nitrogens with two attached hydrogens (primary N) is 1. The quantitative estimate of drug-likeness (QED) is 0.515. The van der Waals surface area contributed by atoms with E-state index in [-0.39, 0.29) is 16.5 Å². The number of aromatic nitrogens is 1. The number of alkyl halides is 1. The van der Waals surface area contributed by atoms with Crippen molar-refractivity contribution in [2.75, 3.05) is 12.8 Å². The van der Waals surface area contributed by atoms with Crippen LogP contribution in [0.5, 0.6) is 0 Å². The average molecular weight is 354 g/mol. The van der Waals surface area contributed by atoms with Gasteiger partial charge < -0.3 is 10.5 Å². The van der Waals surface area contributed by atoms with Gasteiger partial charge in [0.1, 0.15) is 5.15 Å². The summed E-state index contributed by atoms with van der Waals surface area (Å²) < 4.78 is 4.62. The lowest BCUT2D eigenvalue weighted by Gasteiger charge is -2.12. The zero-order chi connectivity index (χ0) is 13.4. The smallest absolute Gasteiger partial charge is 0.358 e. The fraction of sp³-hybridized carbons (Fsp3) is 0.455. The third-order valence-electron chi connectivity index (χ3n) is 2.92. The summed E-state index contributed by atoms with van der Waals surface area (Å²) in [6.07, 6.45) is 1.73. The predicted octanol–water partition coefficient (Wildman–Crippen LogP) is 3.08. The van der Waals surface area contributed by atoms with Crippen molar-refractivity contribution in [1.82, 2.24) is 4.98 Å². The van der Waals surface area contributed by atoms with Gasteiger partial charge in [-0.1, -0.05) is 39.1 Å². The molecule has 18 heavy (non-hydrogen) atoms. The van der Waals surface area contributed by atoms with E-state index < -0.39 is 5.97 Å². The Morgan fingerprint density at radius 2 is 2.22 bits per heavy atom. The van der Waals surface area contributed by atoms with Gasteiger partial charge in [-0.2, -0.15) is 0 Å². The Kier molecular flexibility index (Phi) is 4.04. The molecule has 0 aromatic carbocycles. The molecule has 0 spiro atoms. The number of halogens is 3. The molecule has 1 aliphatic carbocycles. The lowest BCUT2D eigenvalue weighted by atomic mass is 10.1. The number of nitrogens with zero attached hydrogens (tertiary/aromatic N) is 1. The first-order valence-electron chi connectivity index (χ1n) is 5.31. The maximum absolute atomic E-state index is 11.5. The minimum Gasteiger partial charge on any atom is -0.464 e. The molecule has 7 heteroatoms. The standard InChI is InChI=1S/C11H11BrCl2N2O2/c1-18-11(17)9-8(15)5(2-4-3-6(4)12)7(13)10(14)16-9/h4,6H,2-3,15H2,1H3. The summed E-state index contributed by atoms with van der Waals surface area (Å²) in [5.74, 6) is -0.146. The molecule has 1 aliphatic rings. The Bertz CT molecular complexity index is 510. The van der Waals surface area contributed by atoms with Crippen molar-refractivity contribution in [2.24, 2.45) is 5.92 Å². The number of esters is 1. The molecular weight excluding hydrogens is 343 g/mol. The summed E-state index contributed by atoms with van der Waals surface area (Å²) in [6.45, 7) is 0. The van der Waals surface area contributed by atoms with Crippen molar-refractivity contribution in [3.63, 3.8) is 0 Å². The van der Waals surface area contributed by atoms with Crippen LogP contribution in [-0.2, 0) is 11.2 Å². The summed E-state index contributed by atoms with van der Waals surface area (Å²) in [6, 6.07) is 0. The van der Waals surface area contributed by atoms with Gasteiger partial charge in [-0.25, -0.2) is 9.78 Å². The largest absolute Gasteiger partial charge is 0.464 e. The molecule has 4 nitrogen and oxygen atoms in total. The van der Waals surface area contributed by atoms with Gasteiger partial charge in [-0.3, -0.25) is 0 Å². The van der Waals surface area contributed by atoms with E-state index in [4.69, 9.17) is 28.9 Å². The topological polar surface area (TPSA) is 65.2 Å². The second-order valence-electron chi connectivity index (χ2n) is 4.16. The van der Waals surface area contributed by atoms with Crippen LogP contribution in [0.25, 0.3) is 0 Å². The number of ether oxygens (including phenoxy) is 1. The molecule has 98 valence electrons. The molecule has 1 aromatic heterocycles. The van der Waals surface area contributed by atoms with Crippen molar-refractivity contribution in [3.05, 3.63) is 21.4 Å². The molecule has 1 saturated carbocycles. The highest BCUT2D eigenvalue weighted by molar-refractivity contribution is 9.09. The lowest BCUT2D eigenvalue weighted by molar-refractivity contribution is 0.0595. The van der Waals surface area contributed by atoms with Crippen LogP contribution in [-0.4, -0.2) is 22.9 Å². The molecular formula is C11H11BrCl2N2O2. The number of hydrogen-bond donors (Lipinski definition) is 1. The Hall–Kier alpha value is -0.520. The van der Waals surface area contributed by atoms with Crippen LogP contribution in [0.2, 0.25) is 10.2 Å². The van der Waals surface area contributed by atoms with Crippen molar-refractivity contribution in [1.29, 1.82) is 0 Å². The van der Waals surface area contributed by atoms with E-state index in [1.165, 1.54) is 7.11 Å². The van der Waals surface area contributed by atoms with E-state index in [2.05, 4.69) is 25.7 Å². The molecule has 0 saturated heterocycles. The van der Waals surface area contributed by atoms with E-state index in [0.717, 1.165) is 6.42 Å². The number of hydrogen-bond acceptors (Lipinski definition) is 4. The number of pyridine rings is 1. The monoisotopic (exact) mass is 352 g/mol. The predicted molar refractivity (Wildman–Crippen MR) is 74.5 cm³/mol. The van der Waals surface area contributed by atoms with Crippen LogP contribution in [0, 0.1) is 5.92 Å². The molecule has 0 amide bonds. The maximum Gasteiger partial charge on any atom is 0.358 e. The van der Waals surface area contributed by atoms with E-state index in [1.54, 1.807) is 0 Å². The van der Waals surface area contributed by atoms with Gasteiger partial charge in [-0.15, -0.1) is 0 Å². The van der Waals surface area contributed by atoms with E-state index >= 15 is 0 Å². The van der Waals surface area contributed by atoms with Gasteiger partial charge in [0.2, 0.25) is 0 Å². The normalized spacial score (nSPS) is 21.8. The molecule has 2 N–H and O–H groups in total. The number of nitrogen functional groups attached to an aromatic ring is 1. The number of carbonyl (C=O) groups excluding carboxylic acids is 1. The SMILES string of the molecule is COC(=O)c1nc(Cl)c(Cl)c(CC2CC2Br)c1N. The first-order chi connectivity index (χ1) is 8.45. The van der Waals surface area contributed by atoms with Crippen molar-refractivity contribution in [2.45, 2.75) is 17.7 Å². The van der Waals surface area contributed by atoms with Gasteiger partial charge >= 0.3 is 5.97 Å². The Balaban J connectivity index is 2.42.